The van der Waals surface area contributed by atoms with Crippen molar-refractivity contribution in [2.24, 2.45) is 5.92 Å². The van der Waals surface area contributed by atoms with Gasteiger partial charge in [-0.2, -0.15) is 0 Å². The molecule has 1 aromatic carbocycles. The van der Waals surface area contributed by atoms with E-state index in [0.717, 1.165) is 63.5 Å². The smallest absolute Gasteiger partial charge is 0.321 e. The number of hydrogen-bond donors (Lipinski definition) is 1. The molecule has 0 radical (unpaired) electrons. The molecule has 27 heavy (non-hydrogen) atoms. The zero-order valence-corrected chi connectivity index (χ0v) is 17.2. The Hall–Kier alpha value is -1.50. The zero-order chi connectivity index (χ0) is 19.2. The minimum Gasteiger partial charge on any atom is -0.378 e. The summed E-state index contributed by atoms with van der Waals surface area (Å²) in [6.45, 7) is 8.89. The average molecular weight is 395 g/mol. The van der Waals surface area contributed by atoms with Gasteiger partial charge in [0.05, 0.1) is 29.6 Å². The number of nitrogens with one attached hydrogen (secondary N) is 1. The summed E-state index contributed by atoms with van der Waals surface area (Å²) in [5.74, 6) is 0.547. The number of ether oxygens (including phenoxy) is 1. The molecule has 6 nitrogen and oxygen atoms in total. The second-order valence-corrected chi connectivity index (χ2v) is 7.94. The maximum atomic E-state index is 12.8. The van der Waals surface area contributed by atoms with Gasteiger partial charge >= 0.3 is 6.03 Å². The molecule has 3 rings (SSSR count). The molecule has 150 valence electrons. The number of urea groups is 1. The third-order valence-electron chi connectivity index (χ3n) is 5.30. The quantitative estimate of drug-likeness (QED) is 0.803. The predicted molar refractivity (Wildman–Crippen MR) is 111 cm³/mol. The number of amides is 2. The maximum absolute atomic E-state index is 12.8. The summed E-state index contributed by atoms with van der Waals surface area (Å²) in [7, 11) is 2.16. The van der Waals surface area contributed by atoms with Crippen molar-refractivity contribution in [3.05, 3.63) is 23.2 Å². The van der Waals surface area contributed by atoms with Crippen molar-refractivity contribution in [3.8, 4) is 0 Å². The van der Waals surface area contributed by atoms with E-state index in [-0.39, 0.29) is 6.03 Å². The molecule has 1 N–H and O–H groups in total. The van der Waals surface area contributed by atoms with E-state index in [9.17, 15) is 4.79 Å². The van der Waals surface area contributed by atoms with Gasteiger partial charge in [-0.05, 0) is 44.5 Å². The first kappa shape index (κ1) is 20.2. The van der Waals surface area contributed by atoms with Crippen molar-refractivity contribution in [3.63, 3.8) is 0 Å². The molecular weight excluding hydrogens is 364 g/mol. The lowest BCUT2D eigenvalue weighted by atomic mass is 10.1. The number of nitrogens with zero attached hydrogens (tertiary/aromatic N) is 3. The maximum Gasteiger partial charge on any atom is 0.321 e. The number of para-hydroxylation sites is 1. The fourth-order valence-corrected chi connectivity index (χ4v) is 4.29. The molecule has 0 unspecified atom stereocenters. The van der Waals surface area contributed by atoms with Gasteiger partial charge in [0.2, 0.25) is 0 Å². The molecule has 2 aliphatic heterocycles. The van der Waals surface area contributed by atoms with Gasteiger partial charge in [-0.1, -0.05) is 24.6 Å². The highest BCUT2D eigenvalue weighted by molar-refractivity contribution is 6.34. The lowest BCUT2D eigenvalue weighted by molar-refractivity contribution is 0.123. The van der Waals surface area contributed by atoms with E-state index in [2.05, 4.69) is 29.1 Å². The van der Waals surface area contributed by atoms with E-state index in [1.165, 1.54) is 0 Å². The Balaban J connectivity index is 1.62. The van der Waals surface area contributed by atoms with Crippen LogP contribution in [0.25, 0.3) is 0 Å². The molecule has 0 aromatic heterocycles. The molecule has 0 spiro atoms. The first-order valence-electron chi connectivity index (χ1n) is 9.94. The van der Waals surface area contributed by atoms with Gasteiger partial charge in [-0.3, -0.25) is 0 Å². The summed E-state index contributed by atoms with van der Waals surface area (Å²) < 4.78 is 5.44. The van der Waals surface area contributed by atoms with Crippen LogP contribution in [0, 0.1) is 5.92 Å². The van der Waals surface area contributed by atoms with E-state index in [0.29, 0.717) is 24.2 Å². The highest BCUT2D eigenvalue weighted by Gasteiger charge is 2.28. The van der Waals surface area contributed by atoms with E-state index < -0.39 is 0 Å². The molecule has 2 aliphatic rings. The number of halogens is 1. The van der Waals surface area contributed by atoms with Crippen molar-refractivity contribution in [2.45, 2.75) is 19.8 Å². The van der Waals surface area contributed by atoms with E-state index >= 15 is 0 Å². The monoisotopic (exact) mass is 394 g/mol. The first-order chi connectivity index (χ1) is 13.1. The van der Waals surface area contributed by atoms with Crippen LogP contribution in [0.4, 0.5) is 16.2 Å². The molecule has 2 heterocycles. The SMILES string of the molecule is CCCN(C)C[C@H]1CCN(C(=O)Nc2cccc(Cl)c2N2CCOCC2)C1. The molecule has 0 aliphatic carbocycles. The van der Waals surface area contributed by atoms with Crippen molar-refractivity contribution in [2.75, 3.05) is 69.7 Å². The topological polar surface area (TPSA) is 48.0 Å². The highest BCUT2D eigenvalue weighted by Crippen LogP contribution is 2.34. The number of hydrogen-bond acceptors (Lipinski definition) is 4. The average Bonchev–Trinajstić information content (AvgIpc) is 3.11. The van der Waals surface area contributed by atoms with Crippen LogP contribution < -0.4 is 10.2 Å². The number of benzene rings is 1. The van der Waals surface area contributed by atoms with Crippen molar-refractivity contribution < 1.29 is 9.53 Å². The van der Waals surface area contributed by atoms with Crippen LogP contribution in [-0.4, -0.2) is 75.4 Å². The van der Waals surface area contributed by atoms with Crippen LogP contribution in [0.3, 0.4) is 0 Å². The summed E-state index contributed by atoms with van der Waals surface area (Å²) in [6, 6.07) is 5.65. The van der Waals surface area contributed by atoms with E-state index in [1.807, 2.05) is 23.1 Å². The normalized spacial score (nSPS) is 20.4. The van der Waals surface area contributed by atoms with Gasteiger partial charge in [0.15, 0.2) is 0 Å². The Bertz CT molecular complexity index is 636. The molecule has 1 atom stereocenters. The molecule has 2 saturated heterocycles. The molecular formula is C20H31ClN4O2. The molecule has 0 bridgehead atoms. The Morgan fingerprint density at radius 1 is 1.33 bits per heavy atom. The third kappa shape index (κ3) is 5.27. The number of carbonyl (C=O) groups is 1. The summed E-state index contributed by atoms with van der Waals surface area (Å²) in [5.41, 5.74) is 1.68. The van der Waals surface area contributed by atoms with Crippen molar-refractivity contribution >= 4 is 29.0 Å². The zero-order valence-electron chi connectivity index (χ0n) is 16.4. The van der Waals surface area contributed by atoms with Gasteiger partial charge in [-0.15, -0.1) is 0 Å². The van der Waals surface area contributed by atoms with E-state index in [1.54, 1.807) is 0 Å². The minimum absolute atomic E-state index is 0.0348. The molecule has 1 aromatic rings. The highest BCUT2D eigenvalue weighted by atomic mass is 35.5. The second kappa shape index (κ2) is 9.62. The summed E-state index contributed by atoms with van der Waals surface area (Å²) in [6.07, 6.45) is 2.22. The third-order valence-corrected chi connectivity index (χ3v) is 5.61. The number of anilines is 2. The number of likely N-dealkylation sites (tertiary alicyclic amines) is 1. The van der Waals surface area contributed by atoms with Crippen LogP contribution >= 0.6 is 11.6 Å². The molecule has 2 fully saturated rings. The number of carbonyl (C=O) groups excluding carboxylic acids is 1. The lowest BCUT2D eigenvalue weighted by Crippen LogP contribution is -2.38. The Morgan fingerprint density at radius 3 is 2.85 bits per heavy atom. The summed E-state index contributed by atoms with van der Waals surface area (Å²) in [4.78, 5) is 19.3. The van der Waals surface area contributed by atoms with Crippen LogP contribution in [0.2, 0.25) is 5.02 Å². The molecule has 2 amide bonds. The molecule has 0 saturated carbocycles. The van der Waals surface area contributed by atoms with Crippen molar-refractivity contribution in [1.29, 1.82) is 0 Å². The lowest BCUT2D eigenvalue weighted by Gasteiger charge is -2.31. The van der Waals surface area contributed by atoms with Crippen LogP contribution in [0.1, 0.15) is 19.8 Å². The predicted octanol–water partition coefficient (Wildman–Crippen LogP) is 3.37. The largest absolute Gasteiger partial charge is 0.378 e. The number of morpholine rings is 1. The summed E-state index contributed by atoms with van der Waals surface area (Å²) in [5, 5.41) is 3.76. The Labute approximate surface area is 167 Å². The van der Waals surface area contributed by atoms with Gasteiger partial charge in [-0.25, -0.2) is 4.79 Å². The second-order valence-electron chi connectivity index (χ2n) is 7.53. The Kier molecular flexibility index (Phi) is 7.21. The van der Waals surface area contributed by atoms with Crippen LogP contribution in [0.5, 0.6) is 0 Å². The summed E-state index contributed by atoms with van der Waals surface area (Å²) >= 11 is 6.46. The minimum atomic E-state index is -0.0348. The van der Waals surface area contributed by atoms with Crippen molar-refractivity contribution in [1.82, 2.24) is 9.80 Å². The van der Waals surface area contributed by atoms with Gasteiger partial charge < -0.3 is 24.8 Å². The van der Waals surface area contributed by atoms with Gasteiger partial charge in [0.25, 0.3) is 0 Å². The van der Waals surface area contributed by atoms with E-state index in [4.69, 9.17) is 16.3 Å². The fourth-order valence-electron chi connectivity index (χ4n) is 4.00. The first-order valence-corrected chi connectivity index (χ1v) is 10.3. The standard InChI is InChI=1S/C20H31ClN4O2/c1-3-8-23(2)14-16-7-9-25(15-16)20(26)22-18-6-4-5-17(21)19(18)24-10-12-27-13-11-24/h4-6,16H,3,7-15H2,1-2H3,(H,22,26)/t16-/m1/s1. The van der Waals surface area contributed by atoms with Crippen LogP contribution in [-0.2, 0) is 4.74 Å². The van der Waals surface area contributed by atoms with Crippen LogP contribution in [0.15, 0.2) is 18.2 Å². The Morgan fingerprint density at radius 2 is 2.11 bits per heavy atom. The molecule has 7 heteroatoms. The van der Waals surface area contributed by atoms with Gasteiger partial charge in [0.1, 0.15) is 0 Å². The fraction of sp³-hybridized carbons (Fsp3) is 0.650. The number of rotatable bonds is 6. The van der Waals surface area contributed by atoms with Gasteiger partial charge in [0, 0.05) is 32.7 Å².